The summed E-state index contributed by atoms with van der Waals surface area (Å²) in [5.41, 5.74) is -1.28. The summed E-state index contributed by atoms with van der Waals surface area (Å²) in [6, 6.07) is 19.7. The lowest BCUT2D eigenvalue weighted by molar-refractivity contribution is -0.138. The lowest BCUT2D eigenvalue weighted by Crippen LogP contribution is -2.18. The van der Waals surface area contributed by atoms with Crippen LogP contribution in [0.25, 0.3) is 0 Å². The molecule has 1 unspecified atom stereocenters. The lowest BCUT2D eigenvalue weighted by Gasteiger charge is -2.16. The average molecular weight is 438 g/mol. The highest BCUT2D eigenvalue weighted by Crippen LogP contribution is 2.35. The monoisotopic (exact) mass is 438 g/mol. The van der Waals surface area contributed by atoms with E-state index in [2.05, 4.69) is 0 Å². The number of carbonyl (C=O) groups excluding carboxylic acids is 1. The van der Waals surface area contributed by atoms with Crippen LogP contribution in [-0.2, 0) is 16.3 Å². The van der Waals surface area contributed by atoms with Gasteiger partial charge in [-0.3, -0.25) is 9.35 Å². The molecule has 9 heteroatoms. The summed E-state index contributed by atoms with van der Waals surface area (Å²) in [5, 5.41) is 9.94. The molecule has 0 aliphatic rings. The summed E-state index contributed by atoms with van der Waals surface area (Å²) in [6.07, 6.45) is -6.45. The highest BCUT2D eigenvalue weighted by atomic mass is 32.2. The molecule has 30 heavy (non-hydrogen) atoms. The summed E-state index contributed by atoms with van der Waals surface area (Å²) in [6.45, 7) is 0. The Balaban J connectivity index is 0.000000269. The molecule has 0 aromatic heterocycles. The molecule has 158 valence electrons. The van der Waals surface area contributed by atoms with Crippen molar-refractivity contribution in [1.29, 1.82) is 0 Å². The maximum atomic E-state index is 12.9. The first-order valence-corrected chi connectivity index (χ1v) is 9.92. The second-order valence-electron chi connectivity index (χ2n) is 6.01. The molecule has 0 bridgehead atoms. The van der Waals surface area contributed by atoms with E-state index in [-0.39, 0.29) is 10.5 Å². The van der Waals surface area contributed by atoms with Gasteiger partial charge < -0.3 is 5.11 Å². The van der Waals surface area contributed by atoms with Crippen LogP contribution in [0.2, 0.25) is 0 Å². The zero-order valence-corrected chi connectivity index (χ0v) is 16.1. The van der Waals surface area contributed by atoms with Gasteiger partial charge in [-0.15, -0.1) is 0 Å². The van der Waals surface area contributed by atoms with Crippen LogP contribution < -0.4 is 0 Å². The van der Waals surface area contributed by atoms with E-state index in [1.165, 1.54) is 36.4 Å². The van der Waals surface area contributed by atoms with Gasteiger partial charge in [0.1, 0.15) is 6.10 Å². The standard InChI is InChI=1S/C15H11F3O2.C6H6O3S/c16-15(17,18)12-9-5-4-8-11(12)14(20)13(19)10-6-2-1-3-7-10;7-10(8,9)6-4-2-1-3-5-6/h1-9,14,20H;1-5H,(H,7,8,9). The first-order chi connectivity index (χ1) is 14.0. The van der Waals surface area contributed by atoms with Gasteiger partial charge in [0.25, 0.3) is 10.1 Å². The highest BCUT2D eigenvalue weighted by molar-refractivity contribution is 7.85. The first kappa shape index (κ1) is 23.3. The number of benzene rings is 3. The van der Waals surface area contributed by atoms with Crippen molar-refractivity contribution in [2.24, 2.45) is 0 Å². The van der Waals surface area contributed by atoms with E-state index < -0.39 is 39.3 Å². The van der Waals surface area contributed by atoms with E-state index in [9.17, 15) is 31.5 Å². The molecule has 1 atom stereocenters. The Morgan fingerprint density at radius 3 is 1.73 bits per heavy atom. The molecule has 3 rings (SSSR count). The number of hydrogen-bond acceptors (Lipinski definition) is 4. The molecule has 0 fully saturated rings. The highest BCUT2D eigenvalue weighted by Gasteiger charge is 2.36. The number of ketones is 1. The summed E-state index contributed by atoms with van der Waals surface area (Å²) >= 11 is 0. The summed E-state index contributed by atoms with van der Waals surface area (Å²) in [5.74, 6) is -0.762. The predicted octanol–water partition coefficient (Wildman–Crippen LogP) is 4.56. The third kappa shape index (κ3) is 6.24. The van der Waals surface area contributed by atoms with Crippen molar-refractivity contribution in [3.8, 4) is 0 Å². The Morgan fingerprint density at radius 2 is 1.27 bits per heavy atom. The SMILES string of the molecule is O=C(c1ccccc1)C(O)c1ccccc1C(F)(F)F.O=S(=O)(O)c1ccccc1. The van der Waals surface area contributed by atoms with Gasteiger partial charge in [0.2, 0.25) is 0 Å². The predicted molar refractivity (Wildman–Crippen MR) is 103 cm³/mol. The molecule has 3 aromatic rings. The molecular formula is C21H17F3O5S. The minimum atomic E-state index is -4.62. The quantitative estimate of drug-likeness (QED) is 0.461. The molecule has 0 aliphatic heterocycles. The number of aliphatic hydroxyl groups is 1. The molecule has 0 radical (unpaired) electrons. The smallest absolute Gasteiger partial charge is 0.380 e. The van der Waals surface area contributed by atoms with Crippen molar-refractivity contribution in [3.63, 3.8) is 0 Å². The minimum Gasteiger partial charge on any atom is -0.380 e. The van der Waals surface area contributed by atoms with Crippen molar-refractivity contribution in [2.45, 2.75) is 17.2 Å². The van der Waals surface area contributed by atoms with Gasteiger partial charge in [0.15, 0.2) is 5.78 Å². The van der Waals surface area contributed by atoms with Crippen LogP contribution in [0.5, 0.6) is 0 Å². The fourth-order valence-electron chi connectivity index (χ4n) is 2.49. The van der Waals surface area contributed by atoms with E-state index in [0.717, 1.165) is 12.1 Å². The van der Waals surface area contributed by atoms with Crippen LogP contribution in [0.3, 0.4) is 0 Å². The Bertz CT molecular complexity index is 1080. The number of rotatable bonds is 4. The third-order valence-electron chi connectivity index (χ3n) is 3.91. The van der Waals surface area contributed by atoms with Crippen molar-refractivity contribution in [3.05, 3.63) is 102 Å². The van der Waals surface area contributed by atoms with Crippen LogP contribution in [0, 0.1) is 0 Å². The Morgan fingerprint density at radius 1 is 0.800 bits per heavy atom. The van der Waals surface area contributed by atoms with Gasteiger partial charge >= 0.3 is 6.18 Å². The second kappa shape index (κ2) is 9.66. The van der Waals surface area contributed by atoms with E-state index in [1.807, 2.05) is 0 Å². The summed E-state index contributed by atoms with van der Waals surface area (Å²) in [7, 11) is -4.00. The Labute approximate surface area is 171 Å². The van der Waals surface area contributed by atoms with Crippen LogP contribution >= 0.6 is 0 Å². The molecule has 0 spiro atoms. The van der Waals surface area contributed by atoms with Crippen LogP contribution in [0.1, 0.15) is 27.6 Å². The van der Waals surface area contributed by atoms with Gasteiger partial charge in [-0.1, -0.05) is 66.7 Å². The number of alkyl halides is 3. The molecular weight excluding hydrogens is 421 g/mol. The third-order valence-corrected chi connectivity index (χ3v) is 4.78. The van der Waals surface area contributed by atoms with E-state index in [0.29, 0.717) is 0 Å². The molecule has 0 saturated carbocycles. The molecule has 5 nitrogen and oxygen atoms in total. The van der Waals surface area contributed by atoms with Crippen LogP contribution in [0.15, 0.2) is 89.8 Å². The molecule has 2 N–H and O–H groups in total. The largest absolute Gasteiger partial charge is 0.416 e. The lowest BCUT2D eigenvalue weighted by atomic mass is 9.96. The van der Waals surface area contributed by atoms with Gasteiger partial charge in [-0.05, 0) is 18.2 Å². The van der Waals surface area contributed by atoms with Gasteiger partial charge in [0, 0.05) is 11.1 Å². The second-order valence-corrected chi connectivity index (χ2v) is 7.43. The van der Waals surface area contributed by atoms with Crippen molar-refractivity contribution in [2.75, 3.05) is 0 Å². The number of Topliss-reactive ketones (excluding diaryl/α,β-unsaturated/α-hetero) is 1. The molecule has 0 aliphatic carbocycles. The van der Waals surface area contributed by atoms with Gasteiger partial charge in [-0.25, -0.2) is 0 Å². The van der Waals surface area contributed by atoms with Crippen LogP contribution in [-0.4, -0.2) is 23.9 Å². The molecule has 0 amide bonds. The maximum absolute atomic E-state index is 12.9. The van der Waals surface area contributed by atoms with E-state index in [4.69, 9.17) is 4.55 Å². The molecule has 0 saturated heterocycles. The van der Waals surface area contributed by atoms with Gasteiger partial charge in [0.05, 0.1) is 10.5 Å². The van der Waals surface area contributed by atoms with E-state index in [1.54, 1.807) is 36.4 Å². The fourth-order valence-corrected chi connectivity index (χ4v) is 2.99. The number of halogens is 3. The van der Waals surface area contributed by atoms with Crippen molar-refractivity contribution >= 4 is 15.9 Å². The number of aliphatic hydroxyl groups excluding tert-OH is 1. The van der Waals surface area contributed by atoms with E-state index >= 15 is 0 Å². The Kier molecular flexibility index (Phi) is 7.49. The zero-order valence-electron chi connectivity index (χ0n) is 15.3. The van der Waals surface area contributed by atoms with Crippen LogP contribution in [0.4, 0.5) is 13.2 Å². The normalized spacial score (nSPS) is 12.4. The first-order valence-electron chi connectivity index (χ1n) is 8.48. The average Bonchev–Trinajstić information content (AvgIpc) is 2.73. The fraction of sp³-hybridized carbons (Fsp3) is 0.0952. The maximum Gasteiger partial charge on any atom is 0.416 e. The minimum absolute atomic E-state index is 0.0741. The van der Waals surface area contributed by atoms with Gasteiger partial charge in [-0.2, -0.15) is 21.6 Å². The number of hydrogen-bond donors (Lipinski definition) is 2. The topological polar surface area (TPSA) is 91.7 Å². The molecule has 0 heterocycles. The Hall–Kier alpha value is -3.01. The number of carbonyl (C=O) groups is 1. The zero-order chi connectivity index (χ0) is 22.4. The van der Waals surface area contributed by atoms with Crippen molar-refractivity contribution in [1.82, 2.24) is 0 Å². The molecule has 3 aromatic carbocycles. The summed E-state index contributed by atoms with van der Waals surface area (Å²) < 4.78 is 67.8. The van der Waals surface area contributed by atoms with Crippen molar-refractivity contribution < 1.29 is 36.0 Å². The summed E-state index contributed by atoms with van der Waals surface area (Å²) in [4.78, 5) is 11.9.